The van der Waals surface area contributed by atoms with Gasteiger partial charge in [0.1, 0.15) is 11.5 Å². The van der Waals surface area contributed by atoms with Gasteiger partial charge in [-0.3, -0.25) is 9.62 Å². The predicted molar refractivity (Wildman–Crippen MR) is 161 cm³/mol. The van der Waals surface area contributed by atoms with Crippen LogP contribution in [0, 0.1) is 5.92 Å². The van der Waals surface area contributed by atoms with Crippen molar-refractivity contribution in [2.24, 2.45) is 5.92 Å². The molecule has 0 bridgehead atoms. The number of carbonyl (C=O) groups is 1. The Morgan fingerprint density at radius 2 is 1.57 bits per heavy atom. The number of hydrogen-bond donors (Lipinski definition) is 2. The predicted octanol–water partition coefficient (Wildman–Crippen LogP) is 6.21. The van der Waals surface area contributed by atoms with Crippen molar-refractivity contribution in [2.75, 3.05) is 37.2 Å². The first kappa shape index (κ1) is 30.2. The number of carbonyl (C=O) groups excluding carboxylic acids is 1. The van der Waals surface area contributed by atoms with Crippen LogP contribution >= 0.6 is 0 Å². The van der Waals surface area contributed by atoms with Gasteiger partial charge in [-0.25, -0.2) is 13.2 Å². The maximum Gasteiger partial charge on any atom is 0.317 e. The summed E-state index contributed by atoms with van der Waals surface area (Å²) in [7, 11) is -3.30. The lowest BCUT2D eigenvalue weighted by atomic mass is 9.87. The van der Waals surface area contributed by atoms with Crippen LogP contribution in [0.1, 0.15) is 70.3 Å². The van der Waals surface area contributed by atoms with Crippen LogP contribution in [0.4, 0.5) is 10.5 Å². The molecule has 0 aromatic heterocycles. The highest BCUT2D eigenvalue weighted by Gasteiger charge is 2.27. The number of rotatable bonds is 12. The zero-order valence-corrected chi connectivity index (χ0v) is 24.9. The molecule has 1 saturated heterocycles. The van der Waals surface area contributed by atoms with Gasteiger partial charge in [0.25, 0.3) is 0 Å². The van der Waals surface area contributed by atoms with E-state index in [1.807, 2.05) is 12.1 Å². The second-order valence-corrected chi connectivity index (χ2v) is 13.1. The molecule has 1 aliphatic heterocycles. The molecule has 0 unspecified atom stereocenters. The fourth-order valence-corrected chi connectivity index (χ4v) is 6.47. The number of sulfonamides is 1. The summed E-state index contributed by atoms with van der Waals surface area (Å²) in [5, 5.41) is 3.23. The van der Waals surface area contributed by atoms with Gasteiger partial charge < -0.3 is 15.0 Å². The Bertz CT molecular complexity index is 1160. The van der Waals surface area contributed by atoms with Gasteiger partial charge in [0, 0.05) is 44.5 Å². The molecule has 1 saturated carbocycles. The van der Waals surface area contributed by atoms with Crippen molar-refractivity contribution in [2.45, 2.75) is 77.3 Å². The highest BCUT2D eigenvalue weighted by Crippen LogP contribution is 2.27. The number of nitrogens with one attached hydrogen (secondary N) is 2. The molecule has 220 valence electrons. The van der Waals surface area contributed by atoms with Crippen molar-refractivity contribution < 1.29 is 17.9 Å². The van der Waals surface area contributed by atoms with E-state index in [2.05, 4.69) is 38.9 Å². The first-order valence-corrected chi connectivity index (χ1v) is 16.8. The van der Waals surface area contributed by atoms with Crippen LogP contribution in [-0.4, -0.2) is 62.7 Å². The maximum atomic E-state index is 13.0. The lowest BCUT2D eigenvalue weighted by Gasteiger charge is -2.38. The van der Waals surface area contributed by atoms with Crippen LogP contribution in [-0.2, 0) is 16.6 Å². The largest absolute Gasteiger partial charge is 0.457 e. The molecule has 2 aromatic carbocycles. The van der Waals surface area contributed by atoms with Crippen LogP contribution in [0.25, 0.3) is 0 Å². The number of anilines is 1. The van der Waals surface area contributed by atoms with Crippen molar-refractivity contribution in [3.63, 3.8) is 0 Å². The number of hydrogen-bond acceptors (Lipinski definition) is 5. The van der Waals surface area contributed by atoms with E-state index in [1.54, 1.807) is 24.3 Å². The third-order valence-electron chi connectivity index (χ3n) is 8.00. The minimum atomic E-state index is -3.30. The molecule has 2 aliphatic rings. The number of likely N-dealkylation sites (tertiary alicyclic amines) is 1. The zero-order valence-electron chi connectivity index (χ0n) is 24.1. The third kappa shape index (κ3) is 9.70. The van der Waals surface area contributed by atoms with E-state index < -0.39 is 10.0 Å². The van der Waals surface area contributed by atoms with Crippen molar-refractivity contribution in [1.82, 2.24) is 15.1 Å². The summed E-state index contributed by atoms with van der Waals surface area (Å²) in [4.78, 5) is 17.6. The quantitative estimate of drug-likeness (QED) is 0.317. The van der Waals surface area contributed by atoms with E-state index in [1.165, 1.54) is 37.7 Å². The molecule has 0 spiro atoms. The smallest absolute Gasteiger partial charge is 0.317 e. The van der Waals surface area contributed by atoms with Crippen LogP contribution < -0.4 is 14.8 Å². The summed E-state index contributed by atoms with van der Waals surface area (Å²) in [6, 6.07) is 15.4. The van der Waals surface area contributed by atoms with Crippen molar-refractivity contribution in [3.8, 4) is 11.5 Å². The van der Waals surface area contributed by atoms with Gasteiger partial charge in [-0.05, 0) is 73.6 Å². The second-order valence-electron chi connectivity index (χ2n) is 11.4. The fraction of sp³-hybridized carbons (Fsp3) is 0.581. The number of nitrogens with zero attached hydrogens (tertiary/aromatic N) is 2. The standard InChI is InChI=1S/C31H46N4O4S/c1-3-21-35(31(36)32-20-17-25-7-5-4-6-8-25)28-18-22-34(23-19-28)24-26-9-13-29(14-10-26)39-30-15-11-27(12-16-30)33-40(2,37)38/h9-16,25,28,33H,3-8,17-24H2,1-2H3,(H,32,36). The van der Waals surface area contributed by atoms with Crippen molar-refractivity contribution in [1.29, 1.82) is 0 Å². The first-order chi connectivity index (χ1) is 19.3. The number of ether oxygens (including phenoxy) is 1. The van der Waals surface area contributed by atoms with Crippen molar-refractivity contribution >= 4 is 21.7 Å². The van der Waals surface area contributed by atoms with Gasteiger partial charge in [0.15, 0.2) is 0 Å². The fourth-order valence-electron chi connectivity index (χ4n) is 5.90. The second kappa shape index (κ2) is 14.7. The van der Waals surface area contributed by atoms with E-state index in [0.717, 1.165) is 76.3 Å². The van der Waals surface area contributed by atoms with Gasteiger partial charge in [0.2, 0.25) is 10.0 Å². The Morgan fingerprint density at radius 1 is 0.950 bits per heavy atom. The third-order valence-corrected chi connectivity index (χ3v) is 8.61. The lowest BCUT2D eigenvalue weighted by Crippen LogP contribution is -2.51. The molecule has 2 N–H and O–H groups in total. The molecule has 1 heterocycles. The number of amides is 2. The van der Waals surface area contributed by atoms with E-state index in [0.29, 0.717) is 17.5 Å². The molecule has 2 aromatic rings. The lowest BCUT2D eigenvalue weighted by molar-refractivity contribution is 0.117. The van der Waals surface area contributed by atoms with Gasteiger partial charge in [-0.1, -0.05) is 51.2 Å². The number of piperidine rings is 1. The van der Waals surface area contributed by atoms with Gasteiger partial charge in [-0.2, -0.15) is 0 Å². The number of urea groups is 1. The normalized spacial score (nSPS) is 17.4. The molecule has 0 atom stereocenters. The number of benzene rings is 2. The summed E-state index contributed by atoms with van der Waals surface area (Å²) in [6.45, 7) is 6.60. The molecule has 1 aliphatic carbocycles. The average molecular weight is 571 g/mol. The van der Waals surface area contributed by atoms with E-state index in [9.17, 15) is 13.2 Å². The molecular weight excluding hydrogens is 524 g/mol. The monoisotopic (exact) mass is 570 g/mol. The molecular formula is C31H46N4O4S. The minimum Gasteiger partial charge on any atom is -0.457 e. The summed E-state index contributed by atoms with van der Waals surface area (Å²) in [6.07, 6.45) is 11.9. The Labute approximate surface area is 240 Å². The van der Waals surface area contributed by atoms with Gasteiger partial charge in [-0.15, -0.1) is 0 Å². The minimum absolute atomic E-state index is 0.119. The van der Waals surface area contributed by atoms with Crippen LogP contribution in [0.5, 0.6) is 11.5 Å². The Morgan fingerprint density at radius 3 is 2.17 bits per heavy atom. The zero-order chi connectivity index (χ0) is 28.4. The summed E-state index contributed by atoms with van der Waals surface area (Å²) >= 11 is 0. The molecule has 40 heavy (non-hydrogen) atoms. The van der Waals surface area contributed by atoms with Crippen LogP contribution in [0.15, 0.2) is 48.5 Å². The molecule has 2 amide bonds. The summed E-state index contributed by atoms with van der Waals surface area (Å²) in [5.74, 6) is 2.16. The maximum absolute atomic E-state index is 13.0. The van der Waals surface area contributed by atoms with E-state index in [4.69, 9.17) is 4.74 Å². The Balaban J connectivity index is 1.20. The van der Waals surface area contributed by atoms with Crippen LogP contribution in [0.2, 0.25) is 0 Å². The highest BCUT2D eigenvalue weighted by atomic mass is 32.2. The highest BCUT2D eigenvalue weighted by molar-refractivity contribution is 7.92. The van der Waals surface area contributed by atoms with Crippen molar-refractivity contribution in [3.05, 3.63) is 54.1 Å². The Hall–Kier alpha value is -2.78. The van der Waals surface area contributed by atoms with Crippen LogP contribution in [0.3, 0.4) is 0 Å². The summed E-state index contributed by atoms with van der Waals surface area (Å²) in [5.41, 5.74) is 1.73. The Kier molecular flexibility index (Phi) is 11.1. The van der Waals surface area contributed by atoms with Gasteiger partial charge >= 0.3 is 6.03 Å². The SMILES string of the molecule is CCCN(C(=O)NCCC1CCCCC1)C1CCN(Cc2ccc(Oc3ccc(NS(C)(=O)=O)cc3)cc2)CC1. The average Bonchev–Trinajstić information content (AvgIpc) is 2.94. The van der Waals surface area contributed by atoms with E-state index in [-0.39, 0.29) is 6.03 Å². The molecule has 9 heteroatoms. The molecule has 8 nitrogen and oxygen atoms in total. The van der Waals surface area contributed by atoms with E-state index >= 15 is 0 Å². The molecule has 4 rings (SSSR count). The summed E-state index contributed by atoms with van der Waals surface area (Å²) < 4.78 is 31.1. The first-order valence-electron chi connectivity index (χ1n) is 14.9. The van der Waals surface area contributed by atoms with Gasteiger partial charge in [0.05, 0.1) is 6.26 Å². The molecule has 0 radical (unpaired) electrons. The topological polar surface area (TPSA) is 91.0 Å². The molecule has 2 fully saturated rings.